The highest BCUT2D eigenvalue weighted by Crippen LogP contribution is 2.51. The number of ether oxygens (including phenoxy) is 5. The van der Waals surface area contributed by atoms with Crippen molar-refractivity contribution >= 4 is 70.5 Å². The largest absolute Gasteiger partial charge is 0.507 e. The molecule has 0 aliphatic carbocycles. The van der Waals surface area contributed by atoms with Crippen LogP contribution in [0.15, 0.2) is 188 Å². The number of phenolic OH excluding ortho intramolecular Hbond substituents is 5. The number of carbonyl (C=O) groups is 8. The van der Waals surface area contributed by atoms with Crippen LogP contribution in [-0.2, 0) is 75.6 Å². The Balaban J connectivity index is 0.878. The van der Waals surface area contributed by atoms with Gasteiger partial charge in [-0.3, -0.25) is 48.2 Å². The minimum Gasteiger partial charge on any atom is -0.507 e. The van der Waals surface area contributed by atoms with Gasteiger partial charge in [0.2, 0.25) is 53.4 Å². The lowest BCUT2D eigenvalue weighted by Crippen LogP contribution is -2.66. The predicted molar refractivity (Wildman–Crippen MR) is 522 cm³/mol. The quantitative estimate of drug-likeness (QED) is 0.0251. The second kappa shape index (κ2) is 44.4. The molecule has 2 saturated heterocycles. The molecule has 18 rings (SSSR count). The number of phenols is 5. The van der Waals surface area contributed by atoms with E-state index in [2.05, 4.69) is 89.3 Å². The van der Waals surface area contributed by atoms with Gasteiger partial charge >= 0.3 is 0 Å². The van der Waals surface area contributed by atoms with E-state index in [1.807, 2.05) is 97.5 Å². The van der Waals surface area contributed by atoms with Crippen molar-refractivity contribution in [3.8, 4) is 91.2 Å². The minimum atomic E-state index is -2.34. The molecule has 0 aromatic heterocycles. The van der Waals surface area contributed by atoms with Gasteiger partial charge in [0.15, 0.2) is 29.1 Å². The van der Waals surface area contributed by atoms with E-state index in [1.165, 1.54) is 85.9 Å². The van der Waals surface area contributed by atoms with Crippen LogP contribution in [0.1, 0.15) is 130 Å². The number of nitrogens with one attached hydrogen (secondary N) is 10. The number of benzene rings is 10. The number of hydrogen-bond acceptors (Lipinski definition) is 27. The Morgan fingerprint density at radius 2 is 1.11 bits per heavy atom. The van der Waals surface area contributed by atoms with Crippen LogP contribution in [0.2, 0.25) is 10.0 Å². The summed E-state index contributed by atoms with van der Waals surface area (Å²) in [7, 11) is 8.83. The molecule has 17 bridgehead atoms. The summed E-state index contributed by atoms with van der Waals surface area (Å²) in [6.07, 6.45) is -6.63. The SMILES string of the molecule is CCCCc1ccc(CN[C@H]2[C@H](Oc3c4cc5cc3Oc3ccc(cc3Cl)[C@@H](O)[C@@H]3NC(=O)[C@H](NC(=O)[C@@H]5NC(=O)[C@H]5NC(=O)[C@@H](Cc6ccc(cc6)O4)NC(=O)[C@H](NC)c4ccc(O)c(c4)Oc4cc(O)c(Cl)c5c4)c4ccc(O)c(c4)-c4c(cc(O)c(CN5CCN(Cc6ccc(-c7ccccc7)cc6)CC5)c4O)[C@@H](C(=O)NCCCN(C)C)NC3=O)O[C@H](C(=O)NCCCN(C)C)[C@@H](O)[C@@H]2O)cc1. The Hall–Kier alpha value is -13.7. The van der Waals surface area contributed by atoms with E-state index < -0.39 is 183 Å². The van der Waals surface area contributed by atoms with Crippen molar-refractivity contribution in [1.82, 2.24) is 72.8 Å². The topological polar surface area (TPSA) is 478 Å². The van der Waals surface area contributed by atoms with Crippen LogP contribution < -0.4 is 72.1 Å². The zero-order valence-corrected chi connectivity index (χ0v) is 79.9. The molecule has 13 atom stereocenters. The van der Waals surface area contributed by atoms with E-state index in [-0.39, 0.29) is 105 Å². The number of piperazine rings is 1. The Labute approximate surface area is 823 Å². The molecule has 8 heterocycles. The number of aryl methyl sites for hydroxylation is 1. The molecule has 10 aromatic rings. The molecule has 0 spiro atoms. The molecule has 8 aliphatic rings. The van der Waals surface area contributed by atoms with E-state index in [1.54, 1.807) is 12.1 Å². The van der Waals surface area contributed by atoms with Crippen molar-refractivity contribution < 1.29 is 103 Å². The van der Waals surface area contributed by atoms with Gasteiger partial charge in [-0.15, -0.1) is 0 Å². The van der Waals surface area contributed by atoms with Crippen LogP contribution >= 0.6 is 23.2 Å². The van der Waals surface area contributed by atoms with Gasteiger partial charge in [-0.25, -0.2) is 0 Å². The number of carbonyl (C=O) groups excluding carboxylic acids is 8. The van der Waals surface area contributed by atoms with Gasteiger partial charge in [-0.2, -0.15) is 0 Å². The number of halogens is 2. The van der Waals surface area contributed by atoms with E-state index in [9.17, 15) is 50.4 Å². The first-order chi connectivity index (χ1) is 67.8. The van der Waals surface area contributed by atoms with Gasteiger partial charge in [0, 0.05) is 88.1 Å². The van der Waals surface area contributed by atoms with Gasteiger partial charge in [-0.05, 0) is 208 Å². The fourth-order valence-corrected chi connectivity index (χ4v) is 18.7. The number of likely N-dealkylation sites (N-methyl/N-ethyl adjacent to an activating group) is 1. The Morgan fingerprint density at radius 1 is 0.511 bits per heavy atom. The second-order valence-electron chi connectivity index (χ2n) is 36.6. The lowest BCUT2D eigenvalue weighted by Gasteiger charge is -2.42. The summed E-state index contributed by atoms with van der Waals surface area (Å²) in [6, 6.07) is 33.7. The van der Waals surface area contributed by atoms with Crippen LogP contribution in [0.4, 0.5) is 0 Å². The van der Waals surface area contributed by atoms with Crippen molar-refractivity contribution in [2.45, 2.75) is 144 Å². The van der Waals surface area contributed by atoms with E-state index in [0.29, 0.717) is 69.8 Å². The van der Waals surface area contributed by atoms with E-state index in [0.717, 1.165) is 59.7 Å². The van der Waals surface area contributed by atoms with E-state index >= 15 is 28.8 Å². The van der Waals surface area contributed by atoms with Gasteiger partial charge < -0.3 is 128 Å². The Morgan fingerprint density at radius 3 is 1.79 bits per heavy atom. The molecule has 141 heavy (non-hydrogen) atoms. The third-order valence-corrected chi connectivity index (χ3v) is 26.7. The van der Waals surface area contributed by atoms with Crippen LogP contribution in [-0.4, -0.2) is 238 Å². The highest BCUT2D eigenvalue weighted by Gasteiger charge is 2.50. The normalized spacial score (nSPS) is 22.2. The predicted octanol–water partition coefficient (Wildman–Crippen LogP) is 8.90. The fraction of sp³-hybridized carbons (Fsp3) is 0.346. The van der Waals surface area contributed by atoms with Crippen molar-refractivity contribution in [2.24, 2.45) is 0 Å². The Kier molecular flexibility index (Phi) is 31.6. The maximum absolute atomic E-state index is 17.1. The van der Waals surface area contributed by atoms with Gasteiger partial charge in [0.25, 0.3) is 5.91 Å². The molecule has 0 radical (unpaired) electrons. The summed E-state index contributed by atoms with van der Waals surface area (Å²) >= 11 is 14.6. The van der Waals surface area contributed by atoms with Crippen LogP contribution in [0.25, 0.3) is 22.3 Å². The molecule has 0 saturated carbocycles. The maximum atomic E-state index is 17.1. The molecule has 10 aromatic carbocycles. The van der Waals surface area contributed by atoms with Gasteiger partial charge in [0.1, 0.15) is 101 Å². The summed E-state index contributed by atoms with van der Waals surface area (Å²) in [5.74, 6) is -14.4. The third-order valence-electron chi connectivity index (χ3n) is 26.0. The highest BCUT2D eigenvalue weighted by molar-refractivity contribution is 6.33. The maximum Gasteiger partial charge on any atom is 0.252 e. The third kappa shape index (κ3) is 23.2. The lowest BCUT2D eigenvalue weighted by atomic mass is 9.87. The average Bonchev–Trinajstić information content (AvgIpc) is 0.751. The number of nitrogens with zero attached hydrogens (tertiary/aromatic N) is 4. The van der Waals surface area contributed by atoms with Gasteiger partial charge in [-0.1, -0.05) is 146 Å². The molecule has 8 amide bonds. The average molecular weight is 1970 g/mol. The molecule has 2 fully saturated rings. The number of rotatable bonds is 24. The molecular weight excluding hydrogens is 1850 g/mol. The molecule has 8 aliphatic heterocycles. The molecule has 35 nitrogen and oxygen atoms in total. The van der Waals surface area contributed by atoms with Crippen molar-refractivity contribution in [3.05, 3.63) is 259 Å². The monoisotopic (exact) mass is 1960 g/mol. The summed E-state index contributed by atoms with van der Waals surface area (Å²) in [5, 5.41) is 127. The van der Waals surface area contributed by atoms with Crippen LogP contribution in [0.5, 0.6) is 69.0 Å². The number of fused-ring (bicyclic) bond motifs is 14. The first kappa shape index (κ1) is 100. The molecule has 740 valence electrons. The fourth-order valence-electron chi connectivity index (χ4n) is 18.2. The van der Waals surface area contributed by atoms with Crippen LogP contribution in [0, 0.1) is 0 Å². The van der Waals surface area contributed by atoms with Crippen molar-refractivity contribution in [3.63, 3.8) is 0 Å². The summed E-state index contributed by atoms with van der Waals surface area (Å²) < 4.78 is 34.0. The molecular formula is C104H114Cl2N14O21. The standard InChI is InChI=1S/C104H114Cl2N14O21/c1-7-8-14-55-17-19-57(20-18-55)52-110-89-92(127)93(128)95(103(136)109-36-13-38-118(5)6)141-104(89)140-94-79-47-64-48-80(94)139-77-34-29-63(45-71(77)105)90(125)88-102(135)115-86(97(130)108-35-12-37-117(3)4)68-51-75(123)70(54-120-41-39-119(40-42-120)53-58-21-25-60(26-22-58)59-15-10-9-11-16-59)91(126)81(68)67-44-61(27-32-73(67)121)84(99(132)116-88)112-100(133)85(64)113-101(134)87-69-49-66(50-76(124)82(69)106)138-78-46-62(28-33-74(78)122)83(107-2)98(131)111-72(96(129)114-87)43-56-23-30-65(137-79)31-24-56/h9-11,15-34,44-51,72,83-90,92-93,95,104,107,110,121-128H,7-8,12-14,35-43,52-54H2,1-6H3,(H,108,130)(H,109,136)(H,111,131)(H,112,133)(H,113,134)(H,114,129)(H,115,135)(H,116,132)/t72-,83-,84-,85-,86+,87+,88+,89-,90-,92-,93+,95+,104-/m1/s1. The van der Waals surface area contributed by atoms with Gasteiger partial charge in [0.05, 0.1) is 21.7 Å². The number of hydrogen-bond donors (Lipinski definition) is 18. The number of aromatic hydroxyl groups is 5. The first-order valence-electron chi connectivity index (χ1n) is 46.8. The summed E-state index contributed by atoms with van der Waals surface area (Å²) in [4.78, 5) is 135. The molecule has 18 N–H and O–H groups in total. The molecule has 37 heteroatoms. The number of aliphatic hydroxyl groups is 3. The van der Waals surface area contributed by atoms with E-state index in [4.69, 9.17) is 46.9 Å². The minimum absolute atomic E-state index is 0.00273. The molecule has 0 unspecified atom stereocenters. The van der Waals surface area contributed by atoms with Crippen molar-refractivity contribution in [1.29, 1.82) is 0 Å². The van der Waals surface area contributed by atoms with Crippen molar-refractivity contribution in [2.75, 3.05) is 87.6 Å². The number of amides is 8. The second-order valence-corrected chi connectivity index (χ2v) is 37.4. The smallest absolute Gasteiger partial charge is 0.252 e. The first-order valence-corrected chi connectivity index (χ1v) is 47.6. The zero-order valence-electron chi connectivity index (χ0n) is 78.4. The number of aliphatic hydroxyl groups excluding tert-OH is 3. The Bertz CT molecular complexity index is 6300. The number of unbranched alkanes of at least 4 members (excludes halogenated alkanes) is 1. The zero-order chi connectivity index (χ0) is 99.7. The summed E-state index contributed by atoms with van der Waals surface area (Å²) in [6.45, 7) is 5.61. The summed E-state index contributed by atoms with van der Waals surface area (Å²) in [5.41, 5.74) is 3.20. The van der Waals surface area contributed by atoms with Crippen LogP contribution in [0.3, 0.4) is 0 Å². The lowest BCUT2D eigenvalue weighted by molar-refractivity contribution is -0.235. The highest BCUT2D eigenvalue weighted by atomic mass is 35.5.